The third-order valence-electron chi connectivity index (χ3n) is 6.12. The van der Waals surface area contributed by atoms with Crippen molar-refractivity contribution in [2.45, 2.75) is 20.0 Å². The quantitative estimate of drug-likeness (QED) is 0.293. The summed E-state index contributed by atoms with van der Waals surface area (Å²) in [6.45, 7) is 2.95. The van der Waals surface area contributed by atoms with Gasteiger partial charge in [-0.05, 0) is 65.1 Å². The molecule has 0 aliphatic heterocycles. The molecule has 0 saturated carbocycles. The van der Waals surface area contributed by atoms with E-state index in [0.717, 1.165) is 27.8 Å². The first-order valence-electron chi connectivity index (χ1n) is 12.0. The van der Waals surface area contributed by atoms with Crippen LogP contribution >= 0.6 is 0 Å². The molecule has 0 unspecified atom stereocenters. The summed E-state index contributed by atoms with van der Waals surface area (Å²) in [7, 11) is 0. The molecule has 0 atom stereocenters. The Kier molecular flexibility index (Phi) is 6.94. The van der Waals surface area contributed by atoms with E-state index in [-0.39, 0.29) is 17.6 Å². The molecule has 5 aromatic rings. The van der Waals surface area contributed by atoms with Crippen molar-refractivity contribution in [1.29, 1.82) is 0 Å². The Balaban J connectivity index is 1.27. The van der Waals surface area contributed by atoms with Crippen molar-refractivity contribution < 1.29 is 14.0 Å². The number of rotatable bonds is 8. The van der Waals surface area contributed by atoms with Crippen molar-refractivity contribution in [3.63, 3.8) is 0 Å². The average molecular weight is 491 g/mol. The number of anilines is 1. The van der Waals surface area contributed by atoms with Gasteiger partial charge in [-0.25, -0.2) is 0 Å². The SMILES string of the molecule is Cc1ccc(C(=O)NCc2ccccc2-c2ccc(Cn3cccn3)cc2)cc1NC(=O)c1ccco1. The van der Waals surface area contributed by atoms with E-state index in [1.807, 2.05) is 48.1 Å². The lowest BCUT2D eigenvalue weighted by molar-refractivity contribution is 0.0949. The van der Waals surface area contributed by atoms with Gasteiger partial charge in [0.05, 0.1) is 12.8 Å². The van der Waals surface area contributed by atoms with Crippen molar-refractivity contribution in [3.05, 3.63) is 132 Å². The number of nitrogens with one attached hydrogen (secondary N) is 2. The van der Waals surface area contributed by atoms with Crippen molar-refractivity contribution in [3.8, 4) is 11.1 Å². The van der Waals surface area contributed by atoms with E-state index in [0.29, 0.717) is 24.3 Å². The van der Waals surface area contributed by atoms with Crippen LogP contribution in [0, 0.1) is 6.92 Å². The van der Waals surface area contributed by atoms with Gasteiger partial charge in [-0.15, -0.1) is 0 Å². The first-order valence-corrected chi connectivity index (χ1v) is 12.0. The van der Waals surface area contributed by atoms with Gasteiger partial charge in [0.1, 0.15) is 0 Å². The highest BCUT2D eigenvalue weighted by Gasteiger charge is 2.14. The Hall–Kier alpha value is -4.91. The number of nitrogens with zero attached hydrogens (tertiary/aromatic N) is 2. The standard InChI is InChI=1S/C30H26N4O3/c1-21-9-12-24(18-27(21)33-30(36)28-8-4-17-37-28)29(35)31-19-25-6-2-3-7-26(25)23-13-10-22(11-14-23)20-34-16-5-15-32-34/h2-18H,19-20H2,1H3,(H,31,35)(H,33,36). The van der Waals surface area contributed by atoms with Crippen LogP contribution in [-0.2, 0) is 13.1 Å². The lowest BCUT2D eigenvalue weighted by Crippen LogP contribution is -2.23. The molecule has 0 fully saturated rings. The summed E-state index contributed by atoms with van der Waals surface area (Å²) in [5.74, 6) is -0.381. The summed E-state index contributed by atoms with van der Waals surface area (Å²) in [6, 6.07) is 26.8. The van der Waals surface area contributed by atoms with E-state index < -0.39 is 0 Å². The van der Waals surface area contributed by atoms with Crippen molar-refractivity contribution >= 4 is 17.5 Å². The van der Waals surface area contributed by atoms with Gasteiger partial charge in [-0.2, -0.15) is 5.10 Å². The number of aryl methyl sites for hydroxylation is 1. The Labute approximate surface area is 214 Å². The van der Waals surface area contributed by atoms with E-state index in [2.05, 4.69) is 46.1 Å². The summed E-state index contributed by atoms with van der Waals surface area (Å²) in [5.41, 5.74) is 6.17. The second-order valence-electron chi connectivity index (χ2n) is 8.70. The molecule has 0 aliphatic carbocycles. The summed E-state index contributed by atoms with van der Waals surface area (Å²) in [6.07, 6.45) is 5.16. The van der Waals surface area contributed by atoms with Gasteiger partial charge in [-0.3, -0.25) is 14.3 Å². The Morgan fingerprint density at radius 2 is 1.76 bits per heavy atom. The zero-order valence-corrected chi connectivity index (χ0v) is 20.3. The smallest absolute Gasteiger partial charge is 0.291 e. The van der Waals surface area contributed by atoms with Gasteiger partial charge in [0, 0.05) is 30.2 Å². The zero-order valence-electron chi connectivity index (χ0n) is 20.3. The second-order valence-corrected chi connectivity index (χ2v) is 8.70. The fraction of sp³-hybridized carbons (Fsp3) is 0.100. The van der Waals surface area contributed by atoms with Crippen molar-refractivity contribution in [2.75, 3.05) is 5.32 Å². The van der Waals surface area contributed by atoms with Crippen LogP contribution in [0.25, 0.3) is 11.1 Å². The Morgan fingerprint density at radius 1 is 0.919 bits per heavy atom. The van der Waals surface area contributed by atoms with Crippen LogP contribution in [0.5, 0.6) is 0 Å². The Bertz CT molecular complexity index is 1510. The van der Waals surface area contributed by atoms with Crippen LogP contribution in [-0.4, -0.2) is 21.6 Å². The molecule has 0 radical (unpaired) electrons. The van der Waals surface area contributed by atoms with Crippen LogP contribution in [0.2, 0.25) is 0 Å². The predicted molar refractivity (Wildman–Crippen MR) is 142 cm³/mol. The first kappa shape index (κ1) is 23.8. The number of aromatic nitrogens is 2. The monoisotopic (exact) mass is 490 g/mol. The molecular weight excluding hydrogens is 464 g/mol. The molecule has 37 heavy (non-hydrogen) atoms. The number of furan rings is 1. The normalized spacial score (nSPS) is 10.7. The van der Waals surface area contributed by atoms with Gasteiger partial charge in [0.25, 0.3) is 11.8 Å². The highest BCUT2D eigenvalue weighted by atomic mass is 16.3. The number of carbonyl (C=O) groups excluding carboxylic acids is 2. The van der Waals surface area contributed by atoms with Gasteiger partial charge < -0.3 is 15.1 Å². The summed E-state index contributed by atoms with van der Waals surface area (Å²) < 4.78 is 7.04. The molecule has 0 spiro atoms. The van der Waals surface area contributed by atoms with Gasteiger partial charge >= 0.3 is 0 Å². The average Bonchev–Trinajstić information content (AvgIpc) is 3.64. The molecule has 184 valence electrons. The molecular formula is C30H26N4O3. The number of hydrogen-bond acceptors (Lipinski definition) is 4. The highest BCUT2D eigenvalue weighted by molar-refractivity contribution is 6.04. The molecule has 2 heterocycles. The Morgan fingerprint density at radius 3 is 2.51 bits per heavy atom. The fourth-order valence-corrected chi connectivity index (χ4v) is 4.09. The molecule has 0 saturated heterocycles. The zero-order chi connectivity index (χ0) is 25.6. The minimum atomic E-state index is -0.366. The number of carbonyl (C=O) groups is 2. The molecule has 2 amide bonds. The first-order chi connectivity index (χ1) is 18.1. The van der Waals surface area contributed by atoms with Crippen molar-refractivity contribution in [2.24, 2.45) is 0 Å². The van der Waals surface area contributed by atoms with Gasteiger partial charge in [0.2, 0.25) is 0 Å². The molecule has 2 aromatic heterocycles. The molecule has 0 bridgehead atoms. The number of hydrogen-bond donors (Lipinski definition) is 2. The molecule has 7 nitrogen and oxygen atoms in total. The minimum Gasteiger partial charge on any atom is -0.459 e. The third kappa shape index (κ3) is 5.67. The number of benzene rings is 3. The van der Waals surface area contributed by atoms with E-state index in [1.54, 1.807) is 30.5 Å². The summed E-state index contributed by atoms with van der Waals surface area (Å²) in [4.78, 5) is 25.4. The predicted octanol–water partition coefficient (Wildman–Crippen LogP) is 5.68. The van der Waals surface area contributed by atoms with Crippen LogP contribution < -0.4 is 10.6 Å². The van der Waals surface area contributed by atoms with Crippen LogP contribution in [0.15, 0.2) is 108 Å². The topological polar surface area (TPSA) is 89.2 Å². The van der Waals surface area contributed by atoms with Gasteiger partial charge in [0.15, 0.2) is 5.76 Å². The lowest BCUT2D eigenvalue weighted by Gasteiger charge is -2.13. The maximum Gasteiger partial charge on any atom is 0.291 e. The maximum atomic E-state index is 13.0. The maximum absolute atomic E-state index is 13.0. The van der Waals surface area contributed by atoms with Crippen LogP contribution in [0.4, 0.5) is 5.69 Å². The van der Waals surface area contributed by atoms with E-state index in [1.165, 1.54) is 6.26 Å². The van der Waals surface area contributed by atoms with Crippen LogP contribution in [0.1, 0.15) is 37.6 Å². The fourth-order valence-electron chi connectivity index (χ4n) is 4.09. The lowest BCUT2D eigenvalue weighted by atomic mass is 9.98. The third-order valence-corrected chi connectivity index (χ3v) is 6.12. The molecule has 0 aliphatic rings. The largest absolute Gasteiger partial charge is 0.459 e. The second kappa shape index (κ2) is 10.8. The molecule has 3 aromatic carbocycles. The van der Waals surface area contributed by atoms with E-state index >= 15 is 0 Å². The summed E-state index contributed by atoms with van der Waals surface area (Å²) >= 11 is 0. The summed E-state index contributed by atoms with van der Waals surface area (Å²) in [5, 5.41) is 10.1. The molecule has 2 N–H and O–H groups in total. The van der Waals surface area contributed by atoms with Gasteiger partial charge in [-0.1, -0.05) is 54.6 Å². The minimum absolute atomic E-state index is 0.209. The molecule has 5 rings (SSSR count). The van der Waals surface area contributed by atoms with E-state index in [9.17, 15) is 9.59 Å². The van der Waals surface area contributed by atoms with Crippen LogP contribution in [0.3, 0.4) is 0 Å². The van der Waals surface area contributed by atoms with Crippen molar-refractivity contribution in [1.82, 2.24) is 15.1 Å². The number of amides is 2. The highest BCUT2D eigenvalue weighted by Crippen LogP contribution is 2.25. The molecule has 7 heteroatoms. The van der Waals surface area contributed by atoms with E-state index in [4.69, 9.17) is 4.42 Å².